The lowest BCUT2D eigenvalue weighted by atomic mass is 9.96. The van der Waals surface area contributed by atoms with E-state index in [1.165, 1.54) is 0 Å². The number of halogens is 2. The molecular formula is C25H30Cl2N2O4S. The van der Waals surface area contributed by atoms with Crippen LogP contribution in [0.25, 0.3) is 22.2 Å². The topological polar surface area (TPSA) is 88.3 Å². The number of aromatic amines is 1. The second kappa shape index (κ2) is 11.1. The van der Waals surface area contributed by atoms with Crippen LogP contribution in [0.5, 0.6) is 0 Å². The number of fused-ring (bicyclic) bond motifs is 1. The summed E-state index contributed by atoms with van der Waals surface area (Å²) in [5, 5.41) is 1.76. The Morgan fingerprint density at radius 3 is 2.32 bits per heavy atom. The molecule has 1 aromatic heterocycles. The summed E-state index contributed by atoms with van der Waals surface area (Å²) < 4.78 is 33.2. The van der Waals surface area contributed by atoms with Crippen LogP contribution in [0.4, 0.5) is 0 Å². The quantitative estimate of drug-likeness (QED) is 0.363. The summed E-state index contributed by atoms with van der Waals surface area (Å²) in [5.41, 5.74) is 2.12. The molecule has 0 saturated heterocycles. The van der Waals surface area contributed by atoms with Crippen LogP contribution in [-0.4, -0.2) is 31.5 Å². The summed E-state index contributed by atoms with van der Waals surface area (Å²) in [6, 6.07) is 12.6. The number of benzene rings is 2. The molecule has 34 heavy (non-hydrogen) atoms. The van der Waals surface area contributed by atoms with Gasteiger partial charge in [0.2, 0.25) is 10.0 Å². The van der Waals surface area contributed by atoms with E-state index in [1.807, 2.05) is 45.0 Å². The number of hydrogen-bond donors (Lipinski definition) is 2. The molecule has 1 aliphatic rings. The first-order valence-electron chi connectivity index (χ1n) is 11.2. The van der Waals surface area contributed by atoms with Gasteiger partial charge in [0.1, 0.15) is 10.5 Å². The number of H-pyrrole nitrogens is 1. The van der Waals surface area contributed by atoms with E-state index in [2.05, 4.69) is 14.4 Å². The minimum Gasteiger partial charge on any atom is -0.462 e. The Hall–Kier alpha value is -2.06. The molecule has 1 saturated carbocycles. The molecule has 2 N–H and O–H groups in total. The monoisotopic (exact) mass is 524 g/mol. The van der Waals surface area contributed by atoms with Gasteiger partial charge in [0.25, 0.3) is 6.47 Å². The predicted octanol–water partition coefficient (Wildman–Crippen LogP) is 6.71. The number of carbonyl (C=O) groups is 1. The van der Waals surface area contributed by atoms with Crippen LogP contribution in [0, 0.1) is 0 Å². The number of aromatic nitrogens is 1. The maximum absolute atomic E-state index is 12.9. The van der Waals surface area contributed by atoms with Crippen LogP contribution in [0.1, 0.15) is 52.9 Å². The van der Waals surface area contributed by atoms with Crippen molar-refractivity contribution in [3.63, 3.8) is 0 Å². The van der Waals surface area contributed by atoms with Crippen molar-refractivity contribution in [1.82, 2.24) is 9.71 Å². The van der Waals surface area contributed by atoms with E-state index in [9.17, 15) is 13.2 Å². The molecular weight excluding hydrogens is 495 g/mol. The van der Waals surface area contributed by atoms with Gasteiger partial charge in [-0.15, -0.1) is 0 Å². The van der Waals surface area contributed by atoms with E-state index in [1.54, 1.807) is 18.2 Å². The molecule has 0 amide bonds. The van der Waals surface area contributed by atoms with Crippen molar-refractivity contribution >= 4 is 50.6 Å². The highest BCUT2D eigenvalue weighted by molar-refractivity contribution is 7.89. The van der Waals surface area contributed by atoms with Gasteiger partial charge in [0.05, 0.1) is 5.02 Å². The fourth-order valence-corrected chi connectivity index (χ4v) is 5.86. The highest BCUT2D eigenvalue weighted by atomic mass is 35.5. The van der Waals surface area contributed by atoms with Gasteiger partial charge in [-0.1, -0.05) is 54.6 Å². The normalized spacial score (nSPS) is 15.0. The Morgan fingerprint density at radius 2 is 1.74 bits per heavy atom. The first kappa shape index (κ1) is 26.5. The average molecular weight is 525 g/mol. The molecule has 1 fully saturated rings. The van der Waals surface area contributed by atoms with E-state index < -0.39 is 10.0 Å². The summed E-state index contributed by atoms with van der Waals surface area (Å²) in [6.45, 7) is 5.92. The molecule has 0 atom stereocenters. The zero-order valence-corrected chi connectivity index (χ0v) is 21.9. The Bertz CT molecular complexity index is 1240. The Labute approximate surface area is 211 Å². The molecule has 0 unspecified atom stereocenters. The lowest BCUT2D eigenvalue weighted by Crippen LogP contribution is -2.36. The van der Waals surface area contributed by atoms with Crippen LogP contribution in [-0.2, 0) is 19.6 Å². The highest BCUT2D eigenvalue weighted by Gasteiger charge is 2.24. The second-order valence-corrected chi connectivity index (χ2v) is 11.8. The summed E-state index contributed by atoms with van der Waals surface area (Å²) in [7, 11) is -3.68. The molecule has 2 aromatic carbocycles. The number of sulfonamides is 1. The number of hydrogen-bond acceptors (Lipinski definition) is 4. The first-order chi connectivity index (χ1) is 16.0. The third kappa shape index (κ3) is 6.98. The van der Waals surface area contributed by atoms with Crippen LogP contribution >= 0.6 is 23.2 Å². The van der Waals surface area contributed by atoms with Crippen molar-refractivity contribution < 1.29 is 17.9 Å². The molecule has 1 heterocycles. The average Bonchev–Trinajstić information content (AvgIpc) is 3.20. The molecule has 4 rings (SSSR count). The lowest BCUT2D eigenvalue weighted by Gasteiger charge is -2.23. The van der Waals surface area contributed by atoms with Crippen LogP contribution in [0.2, 0.25) is 10.0 Å². The van der Waals surface area contributed by atoms with Gasteiger partial charge in [0, 0.05) is 27.7 Å². The molecule has 0 bridgehead atoms. The maximum atomic E-state index is 12.9. The molecule has 9 heteroatoms. The Morgan fingerprint density at radius 1 is 1.03 bits per heavy atom. The van der Waals surface area contributed by atoms with Gasteiger partial charge in [0.15, 0.2) is 0 Å². The standard InChI is InChI=1S/C20H20Cl2N2O2S.C5H10O2/c21-16-7-4-8-18-15(16)12-19(23-18)13-9-10-17(22)20(11-13)27(25,26)24-14-5-2-1-3-6-14;1-5(2,3)7-4-6/h4,7-12,14,23-24H,1-3,5-6H2;4H,1-3H3. The number of ether oxygens (including phenoxy) is 1. The highest BCUT2D eigenvalue weighted by Crippen LogP contribution is 2.32. The van der Waals surface area contributed by atoms with E-state index in [4.69, 9.17) is 23.2 Å². The minimum absolute atomic E-state index is 0.0182. The van der Waals surface area contributed by atoms with Gasteiger partial charge < -0.3 is 9.72 Å². The summed E-state index contributed by atoms with van der Waals surface area (Å²) in [4.78, 5) is 13.0. The maximum Gasteiger partial charge on any atom is 0.293 e. The Balaban J connectivity index is 0.000000406. The molecule has 184 valence electrons. The largest absolute Gasteiger partial charge is 0.462 e. The third-order valence-electron chi connectivity index (χ3n) is 5.47. The third-order valence-corrected chi connectivity index (χ3v) is 7.80. The molecule has 3 aromatic rings. The van der Waals surface area contributed by atoms with E-state index in [0.29, 0.717) is 11.5 Å². The molecule has 0 radical (unpaired) electrons. The smallest absolute Gasteiger partial charge is 0.293 e. The van der Waals surface area contributed by atoms with Crippen molar-refractivity contribution in [3.8, 4) is 11.3 Å². The van der Waals surface area contributed by atoms with Crippen LogP contribution in [0.15, 0.2) is 47.4 Å². The van der Waals surface area contributed by atoms with Crippen molar-refractivity contribution in [1.29, 1.82) is 0 Å². The van der Waals surface area contributed by atoms with Crippen LogP contribution < -0.4 is 4.72 Å². The molecule has 0 aliphatic heterocycles. The zero-order chi connectivity index (χ0) is 24.9. The molecule has 6 nitrogen and oxygen atoms in total. The van der Waals surface area contributed by atoms with E-state index in [-0.39, 0.29) is 21.6 Å². The van der Waals surface area contributed by atoms with Gasteiger partial charge in [-0.05, 0) is 69.5 Å². The fraction of sp³-hybridized carbons (Fsp3) is 0.400. The van der Waals surface area contributed by atoms with E-state index >= 15 is 0 Å². The fourth-order valence-electron chi connectivity index (χ4n) is 3.80. The Kier molecular flexibility index (Phi) is 8.68. The van der Waals surface area contributed by atoms with Crippen molar-refractivity contribution in [3.05, 3.63) is 52.5 Å². The van der Waals surface area contributed by atoms with Gasteiger partial charge >= 0.3 is 0 Å². The number of rotatable bonds is 5. The van der Waals surface area contributed by atoms with Gasteiger partial charge in [-0.25, -0.2) is 13.1 Å². The van der Waals surface area contributed by atoms with Crippen molar-refractivity contribution in [2.75, 3.05) is 0 Å². The summed E-state index contributed by atoms with van der Waals surface area (Å²) in [6.07, 6.45) is 5.01. The number of nitrogens with one attached hydrogen (secondary N) is 2. The SMILES string of the molecule is CC(C)(C)OC=O.O=S(=O)(NC1CCCCC1)c1cc(-c2cc3c(Cl)cccc3[nH]2)ccc1Cl. The van der Waals surface area contributed by atoms with Gasteiger partial charge in [-0.3, -0.25) is 4.79 Å². The minimum atomic E-state index is -3.68. The number of carbonyl (C=O) groups excluding carboxylic acids is 1. The lowest BCUT2D eigenvalue weighted by molar-refractivity contribution is -0.138. The predicted molar refractivity (Wildman–Crippen MR) is 138 cm³/mol. The van der Waals surface area contributed by atoms with Gasteiger partial charge in [-0.2, -0.15) is 0 Å². The van der Waals surface area contributed by atoms with Crippen molar-refractivity contribution in [2.24, 2.45) is 0 Å². The zero-order valence-electron chi connectivity index (χ0n) is 19.5. The summed E-state index contributed by atoms with van der Waals surface area (Å²) in [5.74, 6) is 0. The molecule has 1 aliphatic carbocycles. The van der Waals surface area contributed by atoms with E-state index in [0.717, 1.165) is 54.3 Å². The first-order valence-corrected chi connectivity index (χ1v) is 13.4. The van der Waals surface area contributed by atoms with Crippen LogP contribution in [0.3, 0.4) is 0 Å². The molecule has 0 spiro atoms. The summed E-state index contributed by atoms with van der Waals surface area (Å²) >= 11 is 12.5. The van der Waals surface area contributed by atoms with Crippen molar-refractivity contribution in [2.45, 2.75) is 69.4 Å². The second-order valence-electron chi connectivity index (χ2n) is 9.31.